The molecule has 134 valence electrons. The van der Waals surface area contributed by atoms with Crippen LogP contribution in [0.3, 0.4) is 0 Å². The van der Waals surface area contributed by atoms with Crippen LogP contribution in [0.15, 0.2) is 42.6 Å². The number of hydrogen-bond acceptors (Lipinski definition) is 5. The highest BCUT2D eigenvalue weighted by molar-refractivity contribution is 6.21. The summed E-state index contributed by atoms with van der Waals surface area (Å²) < 4.78 is 5.18. The van der Waals surface area contributed by atoms with Crippen molar-refractivity contribution in [1.82, 2.24) is 9.88 Å². The first-order valence-corrected chi connectivity index (χ1v) is 8.15. The lowest BCUT2D eigenvalue weighted by Crippen LogP contribution is -2.29. The van der Waals surface area contributed by atoms with Gasteiger partial charge >= 0.3 is 6.09 Å². The van der Waals surface area contributed by atoms with Crippen molar-refractivity contribution in [1.29, 1.82) is 0 Å². The molecule has 1 aromatic carbocycles. The number of hydrogen-bond donors (Lipinski definition) is 1. The summed E-state index contributed by atoms with van der Waals surface area (Å²) in [7, 11) is 0. The van der Waals surface area contributed by atoms with Gasteiger partial charge in [-0.25, -0.2) is 9.78 Å². The predicted molar refractivity (Wildman–Crippen MR) is 94.7 cm³/mol. The van der Waals surface area contributed by atoms with Gasteiger partial charge in [-0.05, 0) is 50.6 Å². The monoisotopic (exact) mass is 353 g/mol. The SMILES string of the molecule is CC(C)(C)OC(=O)Nc1cc(CN2C(=O)c3ccccc3C2=O)ccn1. The molecular formula is C19H19N3O4. The summed E-state index contributed by atoms with van der Waals surface area (Å²) in [5.41, 5.74) is 0.847. The predicted octanol–water partition coefficient (Wildman–Crippen LogP) is 3.22. The van der Waals surface area contributed by atoms with Crippen LogP contribution < -0.4 is 5.32 Å². The van der Waals surface area contributed by atoms with Crippen LogP contribution in [0.2, 0.25) is 0 Å². The molecular weight excluding hydrogens is 334 g/mol. The third-order valence-electron chi connectivity index (χ3n) is 3.67. The Balaban J connectivity index is 1.73. The molecule has 7 heteroatoms. The van der Waals surface area contributed by atoms with E-state index >= 15 is 0 Å². The molecule has 0 unspecified atom stereocenters. The van der Waals surface area contributed by atoms with Crippen molar-refractivity contribution < 1.29 is 19.1 Å². The third-order valence-corrected chi connectivity index (χ3v) is 3.67. The Hall–Kier alpha value is -3.22. The number of imide groups is 1. The average Bonchev–Trinajstić information content (AvgIpc) is 2.79. The molecule has 7 nitrogen and oxygen atoms in total. The molecule has 1 aliphatic heterocycles. The topological polar surface area (TPSA) is 88.6 Å². The van der Waals surface area contributed by atoms with E-state index < -0.39 is 11.7 Å². The number of nitrogens with one attached hydrogen (secondary N) is 1. The zero-order valence-corrected chi connectivity index (χ0v) is 14.8. The van der Waals surface area contributed by atoms with Crippen molar-refractivity contribution >= 4 is 23.7 Å². The van der Waals surface area contributed by atoms with Crippen molar-refractivity contribution in [2.24, 2.45) is 0 Å². The molecule has 1 N–H and O–H groups in total. The summed E-state index contributed by atoms with van der Waals surface area (Å²) in [5, 5.41) is 2.54. The Kier molecular flexibility index (Phi) is 4.46. The number of carbonyl (C=O) groups is 3. The second-order valence-electron chi connectivity index (χ2n) is 6.92. The van der Waals surface area contributed by atoms with E-state index in [-0.39, 0.29) is 24.2 Å². The molecule has 0 aliphatic carbocycles. The van der Waals surface area contributed by atoms with Crippen LogP contribution in [0.5, 0.6) is 0 Å². The maximum atomic E-state index is 12.4. The van der Waals surface area contributed by atoms with Crippen LogP contribution in [0.4, 0.5) is 10.6 Å². The van der Waals surface area contributed by atoms with E-state index in [9.17, 15) is 14.4 Å². The zero-order chi connectivity index (χ0) is 18.9. The number of nitrogens with zero attached hydrogens (tertiary/aromatic N) is 2. The summed E-state index contributed by atoms with van der Waals surface area (Å²) in [6.45, 7) is 5.38. The van der Waals surface area contributed by atoms with Crippen LogP contribution in [-0.2, 0) is 11.3 Å². The number of ether oxygens (including phenoxy) is 1. The lowest BCUT2D eigenvalue weighted by Gasteiger charge is -2.19. The third kappa shape index (κ3) is 3.72. The highest BCUT2D eigenvalue weighted by Crippen LogP contribution is 2.24. The van der Waals surface area contributed by atoms with Gasteiger partial charge in [-0.2, -0.15) is 0 Å². The van der Waals surface area contributed by atoms with Gasteiger partial charge in [-0.1, -0.05) is 12.1 Å². The van der Waals surface area contributed by atoms with Gasteiger partial charge in [-0.3, -0.25) is 19.8 Å². The van der Waals surface area contributed by atoms with E-state index in [1.54, 1.807) is 57.2 Å². The van der Waals surface area contributed by atoms with E-state index in [0.717, 1.165) is 0 Å². The molecule has 0 spiro atoms. The molecule has 2 aromatic rings. The van der Waals surface area contributed by atoms with E-state index in [1.165, 1.54) is 11.1 Å². The Morgan fingerprint density at radius 1 is 1.12 bits per heavy atom. The molecule has 2 heterocycles. The minimum Gasteiger partial charge on any atom is -0.444 e. The van der Waals surface area contributed by atoms with Gasteiger partial charge in [0.15, 0.2) is 0 Å². The van der Waals surface area contributed by atoms with Crippen LogP contribution in [0, 0.1) is 0 Å². The Bertz CT molecular complexity index is 851. The number of rotatable bonds is 3. The fourth-order valence-corrected chi connectivity index (χ4v) is 2.61. The summed E-state index contributed by atoms with van der Waals surface area (Å²) in [6, 6.07) is 10.0. The Morgan fingerprint density at radius 2 is 1.73 bits per heavy atom. The van der Waals surface area contributed by atoms with E-state index in [0.29, 0.717) is 16.7 Å². The zero-order valence-electron chi connectivity index (χ0n) is 14.8. The van der Waals surface area contributed by atoms with Crippen LogP contribution in [0.1, 0.15) is 47.1 Å². The number of aromatic nitrogens is 1. The van der Waals surface area contributed by atoms with Crippen LogP contribution in [0.25, 0.3) is 0 Å². The number of carbonyl (C=O) groups excluding carboxylic acids is 3. The number of anilines is 1. The molecule has 0 saturated carbocycles. The molecule has 1 aromatic heterocycles. The molecule has 0 atom stereocenters. The van der Waals surface area contributed by atoms with Gasteiger partial charge in [0, 0.05) is 6.20 Å². The first-order valence-electron chi connectivity index (χ1n) is 8.15. The highest BCUT2D eigenvalue weighted by Gasteiger charge is 2.35. The number of pyridine rings is 1. The summed E-state index contributed by atoms with van der Waals surface area (Å²) >= 11 is 0. The van der Waals surface area contributed by atoms with E-state index in [1.807, 2.05) is 0 Å². The van der Waals surface area contributed by atoms with Crippen molar-refractivity contribution in [2.45, 2.75) is 32.9 Å². The van der Waals surface area contributed by atoms with Crippen molar-refractivity contribution in [3.8, 4) is 0 Å². The number of benzene rings is 1. The Morgan fingerprint density at radius 3 is 2.31 bits per heavy atom. The lowest BCUT2D eigenvalue weighted by atomic mass is 10.1. The molecule has 0 radical (unpaired) electrons. The van der Waals surface area contributed by atoms with Crippen LogP contribution >= 0.6 is 0 Å². The first-order chi connectivity index (χ1) is 12.2. The number of amides is 3. The first kappa shape index (κ1) is 17.6. The molecule has 26 heavy (non-hydrogen) atoms. The van der Waals surface area contributed by atoms with Gasteiger partial charge in [0.2, 0.25) is 0 Å². The Labute approximate surface area is 151 Å². The molecule has 0 saturated heterocycles. The molecule has 0 fully saturated rings. The van der Waals surface area contributed by atoms with Crippen molar-refractivity contribution in [3.63, 3.8) is 0 Å². The number of fused-ring (bicyclic) bond motifs is 1. The van der Waals surface area contributed by atoms with E-state index in [2.05, 4.69) is 10.3 Å². The highest BCUT2D eigenvalue weighted by atomic mass is 16.6. The second kappa shape index (κ2) is 6.59. The molecule has 3 amide bonds. The van der Waals surface area contributed by atoms with Crippen LogP contribution in [-0.4, -0.2) is 33.4 Å². The lowest BCUT2D eigenvalue weighted by molar-refractivity contribution is 0.0623. The molecule has 0 bridgehead atoms. The van der Waals surface area contributed by atoms with Crippen molar-refractivity contribution in [2.75, 3.05) is 5.32 Å². The quantitative estimate of drug-likeness (QED) is 0.856. The minimum atomic E-state index is -0.623. The molecule has 3 rings (SSSR count). The largest absolute Gasteiger partial charge is 0.444 e. The van der Waals surface area contributed by atoms with Gasteiger partial charge < -0.3 is 4.74 Å². The van der Waals surface area contributed by atoms with Crippen molar-refractivity contribution in [3.05, 3.63) is 59.3 Å². The smallest absolute Gasteiger partial charge is 0.413 e. The minimum absolute atomic E-state index is 0.0951. The summed E-state index contributed by atoms with van der Waals surface area (Å²) in [5.74, 6) is -0.374. The van der Waals surface area contributed by atoms with E-state index in [4.69, 9.17) is 4.74 Å². The normalized spacial score (nSPS) is 13.6. The van der Waals surface area contributed by atoms with Gasteiger partial charge in [0.05, 0.1) is 17.7 Å². The summed E-state index contributed by atoms with van der Waals surface area (Å²) in [6.07, 6.45) is 0.878. The summed E-state index contributed by atoms with van der Waals surface area (Å²) in [4.78, 5) is 41.9. The maximum absolute atomic E-state index is 12.4. The second-order valence-corrected chi connectivity index (χ2v) is 6.92. The molecule has 1 aliphatic rings. The average molecular weight is 353 g/mol. The maximum Gasteiger partial charge on any atom is 0.413 e. The van der Waals surface area contributed by atoms with Gasteiger partial charge in [-0.15, -0.1) is 0 Å². The van der Waals surface area contributed by atoms with Gasteiger partial charge in [0.1, 0.15) is 11.4 Å². The fraction of sp³-hybridized carbons (Fsp3) is 0.263. The van der Waals surface area contributed by atoms with Gasteiger partial charge in [0.25, 0.3) is 11.8 Å². The fourth-order valence-electron chi connectivity index (χ4n) is 2.61. The standard InChI is InChI=1S/C19H19N3O4/c1-19(2,3)26-18(25)21-15-10-12(8-9-20-15)11-22-16(23)13-6-4-5-7-14(13)17(22)24/h4-10H,11H2,1-3H3,(H,20,21,25).